The number of nitrogens with one attached hydrogen (secondary N) is 1. The van der Waals surface area contributed by atoms with Crippen molar-refractivity contribution < 1.29 is 17.7 Å². The molecule has 8 nitrogen and oxygen atoms in total. The maximum absolute atomic E-state index is 13.0. The van der Waals surface area contributed by atoms with E-state index < -0.39 is 10.0 Å². The zero-order valence-electron chi connectivity index (χ0n) is 17.5. The second-order valence-electron chi connectivity index (χ2n) is 7.73. The van der Waals surface area contributed by atoms with Gasteiger partial charge in [-0.05, 0) is 49.6 Å². The first kappa shape index (κ1) is 22.3. The molecule has 0 saturated carbocycles. The van der Waals surface area contributed by atoms with Gasteiger partial charge >= 0.3 is 11.8 Å². The van der Waals surface area contributed by atoms with E-state index in [2.05, 4.69) is 14.9 Å². The van der Waals surface area contributed by atoms with Gasteiger partial charge in [-0.25, -0.2) is 8.42 Å². The maximum atomic E-state index is 13.0. The molecule has 1 fully saturated rings. The predicted octanol–water partition coefficient (Wildman–Crippen LogP) is 4.52. The average molecular weight is 475 g/mol. The highest BCUT2D eigenvalue weighted by Gasteiger charge is 2.24. The fraction of sp³-hybridized carbons (Fsp3) is 0.318. The molecule has 0 aliphatic carbocycles. The van der Waals surface area contributed by atoms with E-state index in [4.69, 9.17) is 16.1 Å². The Labute approximate surface area is 191 Å². The third kappa shape index (κ3) is 4.94. The fourth-order valence-corrected chi connectivity index (χ4v) is 5.14. The van der Waals surface area contributed by atoms with Gasteiger partial charge in [0.1, 0.15) is 0 Å². The average Bonchev–Trinajstić information content (AvgIpc) is 3.08. The van der Waals surface area contributed by atoms with Crippen molar-refractivity contribution in [2.24, 2.45) is 0 Å². The molecular weight excluding hydrogens is 452 g/mol. The van der Waals surface area contributed by atoms with Crippen LogP contribution in [0.2, 0.25) is 5.02 Å². The molecule has 1 aliphatic rings. The molecule has 1 aliphatic heterocycles. The smallest absolute Gasteiger partial charge is 0.316 e. The van der Waals surface area contributed by atoms with E-state index in [9.17, 15) is 13.2 Å². The summed E-state index contributed by atoms with van der Waals surface area (Å²) in [7, 11) is -3.89. The van der Waals surface area contributed by atoms with Crippen molar-refractivity contribution in [3.63, 3.8) is 0 Å². The highest BCUT2D eigenvalue weighted by atomic mass is 35.5. The summed E-state index contributed by atoms with van der Waals surface area (Å²) in [6.07, 6.45) is 4.10. The van der Waals surface area contributed by atoms with Crippen LogP contribution in [0.15, 0.2) is 51.9 Å². The van der Waals surface area contributed by atoms with E-state index >= 15 is 0 Å². The number of hydrogen-bond donors (Lipinski definition) is 1. The van der Waals surface area contributed by atoms with Gasteiger partial charge in [0.25, 0.3) is 10.0 Å². The van der Waals surface area contributed by atoms with Crippen molar-refractivity contribution in [3.05, 3.63) is 58.9 Å². The Balaban J connectivity index is 1.59. The van der Waals surface area contributed by atoms with Gasteiger partial charge in [0.15, 0.2) is 0 Å². The van der Waals surface area contributed by atoms with Crippen LogP contribution in [0.3, 0.4) is 0 Å². The van der Waals surface area contributed by atoms with Crippen molar-refractivity contribution in [1.29, 1.82) is 0 Å². The Bertz CT molecular complexity index is 1230. The number of hydrogen-bond acceptors (Lipinski definition) is 6. The Hall–Kier alpha value is -2.91. The van der Waals surface area contributed by atoms with Crippen LogP contribution in [0.4, 0.5) is 5.69 Å². The Kier molecular flexibility index (Phi) is 6.48. The minimum absolute atomic E-state index is 0.0696. The van der Waals surface area contributed by atoms with E-state index in [0.717, 1.165) is 25.7 Å². The zero-order chi connectivity index (χ0) is 22.7. The predicted molar refractivity (Wildman–Crippen MR) is 121 cm³/mol. The van der Waals surface area contributed by atoms with Crippen molar-refractivity contribution >= 4 is 33.2 Å². The molecule has 0 atom stereocenters. The summed E-state index contributed by atoms with van der Waals surface area (Å²) in [5.41, 5.74) is 1.33. The molecule has 2 aromatic carbocycles. The number of sulfonamides is 1. The van der Waals surface area contributed by atoms with Crippen LogP contribution in [0.25, 0.3) is 11.4 Å². The summed E-state index contributed by atoms with van der Waals surface area (Å²) >= 11 is 5.96. The number of aryl methyl sites for hydroxylation is 1. The molecular formula is C22H23ClN4O4S. The van der Waals surface area contributed by atoms with Crippen LogP contribution in [-0.2, 0) is 10.0 Å². The first-order chi connectivity index (χ1) is 15.3. The summed E-state index contributed by atoms with van der Waals surface area (Å²) in [6.45, 7) is 3.03. The normalized spacial score (nSPS) is 14.8. The minimum Gasteiger partial charge on any atom is -0.334 e. The third-order valence-corrected chi connectivity index (χ3v) is 7.07. The Morgan fingerprint density at radius 3 is 2.56 bits per heavy atom. The zero-order valence-corrected chi connectivity index (χ0v) is 19.1. The van der Waals surface area contributed by atoms with Crippen molar-refractivity contribution in [3.8, 4) is 11.4 Å². The Morgan fingerprint density at radius 1 is 1.09 bits per heavy atom. The number of amides is 1. The summed E-state index contributed by atoms with van der Waals surface area (Å²) < 4.78 is 33.7. The van der Waals surface area contributed by atoms with Crippen LogP contribution in [0.5, 0.6) is 0 Å². The SMILES string of the molecule is Cc1ccc(-c2noc(C(=O)N3CCCCCC3)n2)cc1S(=O)(=O)Nc1cccc(Cl)c1. The molecule has 1 aromatic heterocycles. The fourth-order valence-electron chi connectivity index (χ4n) is 3.63. The molecule has 0 unspecified atom stereocenters. The van der Waals surface area contributed by atoms with E-state index in [0.29, 0.717) is 34.9 Å². The molecule has 1 amide bonds. The van der Waals surface area contributed by atoms with Crippen LogP contribution in [0, 0.1) is 6.92 Å². The van der Waals surface area contributed by atoms with Gasteiger partial charge in [-0.15, -0.1) is 0 Å². The molecule has 0 spiro atoms. The van der Waals surface area contributed by atoms with Gasteiger partial charge < -0.3 is 9.42 Å². The number of likely N-dealkylation sites (tertiary alicyclic amines) is 1. The number of halogens is 1. The lowest BCUT2D eigenvalue weighted by Crippen LogP contribution is -2.32. The topological polar surface area (TPSA) is 105 Å². The molecule has 32 heavy (non-hydrogen) atoms. The molecule has 1 saturated heterocycles. The summed E-state index contributed by atoms with van der Waals surface area (Å²) in [4.78, 5) is 18.8. The van der Waals surface area contributed by atoms with E-state index in [-0.39, 0.29) is 22.5 Å². The highest BCUT2D eigenvalue weighted by molar-refractivity contribution is 7.92. The van der Waals surface area contributed by atoms with Gasteiger partial charge in [0.05, 0.1) is 10.6 Å². The van der Waals surface area contributed by atoms with Crippen LogP contribution >= 0.6 is 11.6 Å². The minimum atomic E-state index is -3.89. The molecule has 0 bridgehead atoms. The summed E-state index contributed by atoms with van der Waals surface area (Å²) in [5.74, 6) is -0.237. The lowest BCUT2D eigenvalue weighted by atomic mass is 10.1. The van der Waals surface area contributed by atoms with E-state index in [1.807, 2.05) is 0 Å². The first-order valence-corrected chi connectivity index (χ1v) is 12.2. The first-order valence-electron chi connectivity index (χ1n) is 10.4. The standard InChI is InChI=1S/C22H23ClN4O4S/c1-15-9-10-16(13-19(15)32(29,30)26-18-8-6-7-17(23)14-18)20-24-21(31-25-20)22(28)27-11-4-2-3-5-12-27/h6-10,13-14,26H,2-5,11-12H2,1H3. The van der Waals surface area contributed by atoms with Gasteiger partial charge in [-0.3, -0.25) is 9.52 Å². The number of carbonyl (C=O) groups excluding carboxylic acids is 1. The van der Waals surface area contributed by atoms with Crippen molar-refractivity contribution in [1.82, 2.24) is 15.0 Å². The second-order valence-corrected chi connectivity index (χ2v) is 9.81. The number of benzene rings is 2. The van der Waals surface area contributed by atoms with Gasteiger partial charge in [-0.2, -0.15) is 4.98 Å². The molecule has 4 rings (SSSR count). The van der Waals surface area contributed by atoms with E-state index in [1.54, 1.807) is 42.2 Å². The Morgan fingerprint density at radius 2 is 1.84 bits per heavy atom. The highest BCUT2D eigenvalue weighted by Crippen LogP contribution is 2.26. The number of carbonyl (C=O) groups is 1. The second kappa shape index (κ2) is 9.30. The van der Waals surface area contributed by atoms with Crippen LogP contribution < -0.4 is 4.72 Å². The molecule has 0 radical (unpaired) electrons. The van der Waals surface area contributed by atoms with E-state index in [1.165, 1.54) is 12.1 Å². The van der Waals surface area contributed by atoms with Gasteiger partial charge in [0.2, 0.25) is 5.82 Å². The summed E-state index contributed by atoms with van der Waals surface area (Å²) in [5, 5.41) is 4.33. The number of aromatic nitrogens is 2. The van der Waals surface area contributed by atoms with Crippen LogP contribution in [0.1, 0.15) is 41.9 Å². The molecule has 10 heteroatoms. The molecule has 3 aromatic rings. The van der Waals surface area contributed by atoms with Crippen LogP contribution in [-0.4, -0.2) is 42.5 Å². The molecule has 168 valence electrons. The van der Waals surface area contributed by atoms with Gasteiger partial charge in [0, 0.05) is 23.7 Å². The quantitative estimate of drug-likeness (QED) is 0.583. The molecule has 1 N–H and O–H groups in total. The number of nitrogens with zero attached hydrogens (tertiary/aromatic N) is 3. The third-order valence-electron chi connectivity index (χ3n) is 5.31. The molecule has 2 heterocycles. The lowest BCUT2D eigenvalue weighted by molar-refractivity contribution is 0.0711. The largest absolute Gasteiger partial charge is 0.334 e. The monoisotopic (exact) mass is 474 g/mol. The van der Waals surface area contributed by atoms with Crippen molar-refractivity contribution in [2.45, 2.75) is 37.5 Å². The number of rotatable bonds is 5. The van der Waals surface area contributed by atoms with Gasteiger partial charge in [-0.1, -0.05) is 47.8 Å². The number of anilines is 1. The van der Waals surface area contributed by atoms with Crippen molar-refractivity contribution in [2.75, 3.05) is 17.8 Å². The lowest BCUT2D eigenvalue weighted by Gasteiger charge is -2.17. The maximum Gasteiger partial charge on any atom is 0.316 e. The summed E-state index contributed by atoms with van der Waals surface area (Å²) in [6, 6.07) is 11.3.